The van der Waals surface area contributed by atoms with E-state index in [0.717, 1.165) is 28.7 Å². The number of pyridine rings is 2. The SMILES string of the molecule is CCC(C)Nc1nc(C)cc2cnccc12. The molecule has 0 bridgehead atoms. The summed E-state index contributed by atoms with van der Waals surface area (Å²) < 4.78 is 0. The molecule has 2 heterocycles. The molecule has 84 valence electrons. The van der Waals surface area contributed by atoms with E-state index < -0.39 is 0 Å². The van der Waals surface area contributed by atoms with E-state index in [1.807, 2.05) is 19.2 Å². The number of fused-ring (bicyclic) bond motifs is 1. The largest absolute Gasteiger partial charge is 0.367 e. The van der Waals surface area contributed by atoms with Crippen molar-refractivity contribution < 1.29 is 0 Å². The van der Waals surface area contributed by atoms with Gasteiger partial charge in [0.25, 0.3) is 0 Å². The lowest BCUT2D eigenvalue weighted by Crippen LogP contribution is -2.15. The minimum absolute atomic E-state index is 0.436. The Hall–Kier alpha value is -1.64. The summed E-state index contributed by atoms with van der Waals surface area (Å²) in [5.74, 6) is 0.965. The maximum absolute atomic E-state index is 4.55. The molecule has 0 aliphatic rings. The van der Waals surface area contributed by atoms with Crippen LogP contribution in [0.5, 0.6) is 0 Å². The Labute approximate surface area is 95.9 Å². The van der Waals surface area contributed by atoms with Crippen molar-refractivity contribution in [1.82, 2.24) is 9.97 Å². The van der Waals surface area contributed by atoms with Crippen molar-refractivity contribution in [1.29, 1.82) is 0 Å². The van der Waals surface area contributed by atoms with E-state index in [0.29, 0.717) is 6.04 Å². The number of nitrogens with one attached hydrogen (secondary N) is 1. The normalized spacial score (nSPS) is 12.7. The molecule has 16 heavy (non-hydrogen) atoms. The second kappa shape index (κ2) is 4.47. The number of aromatic nitrogens is 2. The van der Waals surface area contributed by atoms with Crippen LogP contribution < -0.4 is 5.32 Å². The summed E-state index contributed by atoms with van der Waals surface area (Å²) in [6, 6.07) is 4.50. The average molecular weight is 215 g/mol. The number of hydrogen-bond donors (Lipinski definition) is 1. The molecule has 3 nitrogen and oxygen atoms in total. The van der Waals surface area contributed by atoms with Crippen LogP contribution in [0.15, 0.2) is 24.5 Å². The van der Waals surface area contributed by atoms with E-state index in [4.69, 9.17) is 0 Å². The monoisotopic (exact) mass is 215 g/mol. The third kappa shape index (κ3) is 2.13. The first-order valence-electron chi connectivity index (χ1n) is 5.68. The Bertz CT molecular complexity index is 494. The van der Waals surface area contributed by atoms with Crippen LogP contribution in [0.3, 0.4) is 0 Å². The number of hydrogen-bond acceptors (Lipinski definition) is 3. The van der Waals surface area contributed by atoms with Crippen molar-refractivity contribution in [3.63, 3.8) is 0 Å². The van der Waals surface area contributed by atoms with Gasteiger partial charge in [-0.1, -0.05) is 6.92 Å². The van der Waals surface area contributed by atoms with Gasteiger partial charge in [0.1, 0.15) is 5.82 Å². The van der Waals surface area contributed by atoms with Crippen molar-refractivity contribution in [2.45, 2.75) is 33.2 Å². The number of anilines is 1. The van der Waals surface area contributed by atoms with Gasteiger partial charge in [0.15, 0.2) is 0 Å². The predicted molar refractivity (Wildman–Crippen MR) is 67.7 cm³/mol. The summed E-state index contributed by atoms with van der Waals surface area (Å²) in [5.41, 5.74) is 1.02. The van der Waals surface area contributed by atoms with E-state index in [2.05, 4.69) is 35.2 Å². The molecule has 0 aromatic carbocycles. The molecule has 1 atom stereocenters. The fourth-order valence-electron chi connectivity index (χ4n) is 1.68. The van der Waals surface area contributed by atoms with Gasteiger partial charge in [0, 0.05) is 34.9 Å². The summed E-state index contributed by atoms with van der Waals surface area (Å²) in [5, 5.41) is 5.72. The summed E-state index contributed by atoms with van der Waals surface area (Å²) in [7, 11) is 0. The van der Waals surface area contributed by atoms with Crippen LogP contribution >= 0.6 is 0 Å². The molecule has 0 aliphatic heterocycles. The zero-order chi connectivity index (χ0) is 11.5. The van der Waals surface area contributed by atoms with Crippen molar-refractivity contribution >= 4 is 16.6 Å². The van der Waals surface area contributed by atoms with Gasteiger partial charge in [-0.05, 0) is 32.4 Å². The highest BCUT2D eigenvalue weighted by molar-refractivity contribution is 5.91. The molecule has 3 heteroatoms. The van der Waals surface area contributed by atoms with E-state index >= 15 is 0 Å². The van der Waals surface area contributed by atoms with Gasteiger partial charge in [-0.3, -0.25) is 4.98 Å². The highest BCUT2D eigenvalue weighted by Crippen LogP contribution is 2.22. The van der Waals surface area contributed by atoms with Gasteiger partial charge < -0.3 is 5.32 Å². The molecule has 0 amide bonds. The van der Waals surface area contributed by atoms with Crippen LogP contribution in [-0.4, -0.2) is 16.0 Å². The fraction of sp³-hybridized carbons (Fsp3) is 0.385. The molecular weight excluding hydrogens is 198 g/mol. The number of rotatable bonds is 3. The molecule has 2 rings (SSSR count). The highest BCUT2D eigenvalue weighted by atomic mass is 15.0. The summed E-state index contributed by atoms with van der Waals surface area (Å²) in [6.45, 7) is 6.34. The van der Waals surface area contributed by atoms with Crippen LogP contribution in [0.4, 0.5) is 5.82 Å². The fourth-order valence-corrected chi connectivity index (χ4v) is 1.68. The minimum atomic E-state index is 0.436. The third-order valence-electron chi connectivity index (χ3n) is 2.76. The molecule has 0 saturated heterocycles. The Morgan fingerprint density at radius 2 is 2.25 bits per heavy atom. The zero-order valence-corrected chi connectivity index (χ0v) is 9.99. The van der Waals surface area contributed by atoms with Crippen LogP contribution in [0.2, 0.25) is 0 Å². The second-order valence-electron chi connectivity index (χ2n) is 4.16. The van der Waals surface area contributed by atoms with Crippen molar-refractivity contribution in [3.8, 4) is 0 Å². The molecular formula is C13H17N3. The van der Waals surface area contributed by atoms with Crippen molar-refractivity contribution in [3.05, 3.63) is 30.2 Å². The molecule has 2 aromatic rings. The second-order valence-corrected chi connectivity index (χ2v) is 4.16. The zero-order valence-electron chi connectivity index (χ0n) is 9.99. The number of nitrogens with zero attached hydrogens (tertiary/aromatic N) is 2. The lowest BCUT2D eigenvalue weighted by molar-refractivity contribution is 0.760. The maximum Gasteiger partial charge on any atom is 0.134 e. The van der Waals surface area contributed by atoms with Crippen LogP contribution in [0, 0.1) is 6.92 Å². The molecule has 0 fully saturated rings. The lowest BCUT2D eigenvalue weighted by atomic mass is 10.1. The first kappa shape index (κ1) is 10.9. The molecule has 0 spiro atoms. The van der Waals surface area contributed by atoms with Crippen LogP contribution in [0.25, 0.3) is 10.8 Å². The van der Waals surface area contributed by atoms with Crippen molar-refractivity contribution in [2.24, 2.45) is 0 Å². The van der Waals surface area contributed by atoms with Crippen LogP contribution in [0.1, 0.15) is 26.0 Å². The Balaban J connectivity index is 2.50. The molecule has 0 saturated carbocycles. The summed E-state index contributed by atoms with van der Waals surface area (Å²) in [4.78, 5) is 8.69. The highest BCUT2D eigenvalue weighted by Gasteiger charge is 2.06. The Morgan fingerprint density at radius 1 is 1.44 bits per heavy atom. The van der Waals surface area contributed by atoms with Gasteiger partial charge in [-0.2, -0.15) is 0 Å². The minimum Gasteiger partial charge on any atom is -0.367 e. The lowest BCUT2D eigenvalue weighted by Gasteiger charge is -2.14. The van der Waals surface area contributed by atoms with Crippen LogP contribution in [-0.2, 0) is 0 Å². The quantitative estimate of drug-likeness (QED) is 0.854. The van der Waals surface area contributed by atoms with E-state index in [-0.39, 0.29) is 0 Å². The van der Waals surface area contributed by atoms with Gasteiger partial charge in [0.05, 0.1) is 0 Å². The Kier molecular flexibility index (Phi) is 3.04. The van der Waals surface area contributed by atoms with Gasteiger partial charge >= 0.3 is 0 Å². The van der Waals surface area contributed by atoms with Gasteiger partial charge in [-0.25, -0.2) is 4.98 Å². The first-order valence-corrected chi connectivity index (χ1v) is 5.68. The topological polar surface area (TPSA) is 37.8 Å². The summed E-state index contributed by atoms with van der Waals surface area (Å²) >= 11 is 0. The Morgan fingerprint density at radius 3 is 3.00 bits per heavy atom. The predicted octanol–water partition coefficient (Wildman–Crippen LogP) is 3.15. The molecule has 0 radical (unpaired) electrons. The average Bonchev–Trinajstić information content (AvgIpc) is 2.28. The van der Waals surface area contributed by atoms with Gasteiger partial charge in [0.2, 0.25) is 0 Å². The van der Waals surface area contributed by atoms with E-state index in [1.165, 1.54) is 0 Å². The number of aryl methyl sites for hydroxylation is 1. The molecule has 2 aromatic heterocycles. The first-order chi connectivity index (χ1) is 7.70. The molecule has 1 unspecified atom stereocenters. The van der Waals surface area contributed by atoms with E-state index in [1.54, 1.807) is 6.20 Å². The molecule has 1 N–H and O–H groups in total. The van der Waals surface area contributed by atoms with Crippen molar-refractivity contribution in [2.75, 3.05) is 5.32 Å². The third-order valence-corrected chi connectivity index (χ3v) is 2.76. The van der Waals surface area contributed by atoms with Gasteiger partial charge in [-0.15, -0.1) is 0 Å². The summed E-state index contributed by atoms with van der Waals surface area (Å²) in [6.07, 6.45) is 4.77. The van der Waals surface area contributed by atoms with E-state index in [9.17, 15) is 0 Å². The standard InChI is InChI=1S/C13H17N3/c1-4-9(2)15-13-12-5-6-14-8-11(12)7-10(3)16-13/h5-9H,4H2,1-3H3,(H,15,16). The maximum atomic E-state index is 4.55. The molecule has 0 aliphatic carbocycles. The smallest absolute Gasteiger partial charge is 0.134 e.